The molecule has 2 heterocycles. The molecule has 144 valence electrons. The minimum Gasteiger partial charge on any atom is -0.497 e. The molecule has 3 aromatic rings. The number of halogens is 1. The van der Waals surface area contributed by atoms with Crippen molar-refractivity contribution in [2.75, 3.05) is 13.7 Å². The van der Waals surface area contributed by atoms with Gasteiger partial charge in [-0.25, -0.2) is 4.39 Å². The number of likely N-dealkylation sites (tertiary alicyclic amines) is 1. The fourth-order valence-electron chi connectivity index (χ4n) is 3.44. The smallest absolute Gasteiger partial charge is 0.254 e. The van der Waals surface area contributed by atoms with Gasteiger partial charge in [-0.2, -0.15) is 4.98 Å². The maximum Gasteiger partial charge on any atom is 0.254 e. The summed E-state index contributed by atoms with van der Waals surface area (Å²) in [5, 5.41) is 4.02. The van der Waals surface area contributed by atoms with Gasteiger partial charge in [0, 0.05) is 17.7 Å². The van der Waals surface area contributed by atoms with E-state index in [0.29, 0.717) is 35.1 Å². The van der Waals surface area contributed by atoms with Gasteiger partial charge in [-0.1, -0.05) is 11.2 Å². The van der Waals surface area contributed by atoms with Crippen molar-refractivity contribution in [3.8, 4) is 17.1 Å². The summed E-state index contributed by atoms with van der Waals surface area (Å²) in [6.45, 7) is 0.620. The minimum absolute atomic E-state index is 0.0925. The highest BCUT2D eigenvalue weighted by Gasteiger charge is 2.33. The number of rotatable bonds is 4. The Morgan fingerprint density at radius 2 is 2.04 bits per heavy atom. The number of piperidine rings is 1. The second kappa shape index (κ2) is 7.80. The number of hydrogen-bond donors (Lipinski definition) is 0. The molecule has 0 N–H and O–H groups in total. The lowest BCUT2D eigenvalue weighted by Crippen LogP contribution is -2.38. The van der Waals surface area contributed by atoms with Crippen molar-refractivity contribution in [1.29, 1.82) is 0 Å². The van der Waals surface area contributed by atoms with Crippen LogP contribution in [0, 0.1) is 5.82 Å². The Morgan fingerprint density at radius 3 is 2.82 bits per heavy atom. The molecule has 1 fully saturated rings. The van der Waals surface area contributed by atoms with Crippen LogP contribution in [-0.2, 0) is 0 Å². The zero-order chi connectivity index (χ0) is 19.5. The highest BCUT2D eigenvalue weighted by atomic mass is 19.1. The van der Waals surface area contributed by atoms with Gasteiger partial charge >= 0.3 is 0 Å². The molecule has 1 aliphatic rings. The Labute approximate surface area is 161 Å². The van der Waals surface area contributed by atoms with E-state index in [1.807, 2.05) is 0 Å². The molecule has 0 aliphatic carbocycles. The van der Waals surface area contributed by atoms with Crippen LogP contribution in [0.25, 0.3) is 11.4 Å². The SMILES string of the molecule is COc1cccc(C(=O)N2CCCCC2c2nc(-c3ccc(F)cc3)no2)c1. The number of hydrogen-bond acceptors (Lipinski definition) is 5. The summed E-state index contributed by atoms with van der Waals surface area (Å²) in [5.74, 6) is 1.00. The van der Waals surface area contributed by atoms with Crippen LogP contribution in [0.1, 0.15) is 41.6 Å². The number of aromatic nitrogens is 2. The first kappa shape index (κ1) is 18.2. The molecule has 1 amide bonds. The lowest BCUT2D eigenvalue weighted by Gasteiger charge is -2.33. The fraction of sp³-hybridized carbons (Fsp3) is 0.286. The van der Waals surface area contributed by atoms with Crippen LogP contribution < -0.4 is 4.74 Å². The summed E-state index contributed by atoms with van der Waals surface area (Å²) in [7, 11) is 1.57. The zero-order valence-electron chi connectivity index (χ0n) is 15.5. The summed E-state index contributed by atoms with van der Waals surface area (Å²) in [5.41, 5.74) is 1.22. The van der Waals surface area contributed by atoms with Crippen molar-refractivity contribution in [1.82, 2.24) is 15.0 Å². The molecule has 0 radical (unpaired) electrons. The Kier molecular flexibility index (Phi) is 5.06. The Hall–Kier alpha value is -3.22. The van der Waals surface area contributed by atoms with E-state index >= 15 is 0 Å². The van der Waals surface area contributed by atoms with Gasteiger partial charge in [0.25, 0.3) is 5.91 Å². The molecule has 1 atom stereocenters. The third kappa shape index (κ3) is 3.60. The van der Waals surface area contributed by atoms with Gasteiger partial charge in [0.1, 0.15) is 17.6 Å². The number of benzene rings is 2. The van der Waals surface area contributed by atoms with Crippen LogP contribution in [0.5, 0.6) is 5.75 Å². The van der Waals surface area contributed by atoms with E-state index in [1.54, 1.807) is 48.4 Å². The Balaban J connectivity index is 1.60. The van der Waals surface area contributed by atoms with E-state index in [0.717, 1.165) is 19.3 Å². The summed E-state index contributed by atoms with van der Waals surface area (Å²) in [4.78, 5) is 19.4. The van der Waals surface area contributed by atoms with Crippen LogP contribution in [-0.4, -0.2) is 34.6 Å². The second-order valence-corrected chi connectivity index (χ2v) is 6.71. The molecule has 1 aliphatic heterocycles. The van der Waals surface area contributed by atoms with Crippen LogP contribution in [0.4, 0.5) is 4.39 Å². The highest BCUT2D eigenvalue weighted by molar-refractivity contribution is 5.95. The molecule has 7 heteroatoms. The molecule has 28 heavy (non-hydrogen) atoms. The third-order valence-corrected chi connectivity index (χ3v) is 4.91. The lowest BCUT2D eigenvalue weighted by atomic mass is 10.0. The van der Waals surface area contributed by atoms with E-state index in [2.05, 4.69) is 10.1 Å². The number of carbonyl (C=O) groups excluding carboxylic acids is 1. The molecule has 1 aromatic heterocycles. The van der Waals surface area contributed by atoms with Crippen LogP contribution in [0.2, 0.25) is 0 Å². The summed E-state index contributed by atoms with van der Waals surface area (Å²) in [6, 6.07) is 12.7. The molecular formula is C21H20FN3O3. The number of amides is 1. The van der Waals surface area contributed by atoms with Crippen LogP contribution in [0.15, 0.2) is 53.1 Å². The quantitative estimate of drug-likeness (QED) is 0.676. The number of nitrogens with zero attached hydrogens (tertiary/aromatic N) is 3. The molecule has 0 saturated carbocycles. The molecule has 1 saturated heterocycles. The minimum atomic E-state index is -0.324. The predicted octanol–water partition coefficient (Wildman–Crippen LogP) is 4.25. The van der Waals surface area contributed by atoms with Crippen molar-refractivity contribution in [2.45, 2.75) is 25.3 Å². The van der Waals surface area contributed by atoms with Gasteiger partial charge in [-0.05, 0) is 61.7 Å². The molecule has 2 aromatic carbocycles. The van der Waals surface area contributed by atoms with Crippen molar-refractivity contribution in [2.24, 2.45) is 0 Å². The maximum absolute atomic E-state index is 13.1. The first-order valence-corrected chi connectivity index (χ1v) is 9.20. The van der Waals surface area contributed by atoms with E-state index in [4.69, 9.17) is 9.26 Å². The standard InChI is InChI=1S/C21H20FN3O3/c1-27-17-6-4-5-15(13-17)21(26)25-12-3-2-7-18(25)20-23-19(24-28-20)14-8-10-16(22)11-9-14/h4-6,8-11,13,18H,2-3,7,12H2,1H3. The Morgan fingerprint density at radius 1 is 1.21 bits per heavy atom. The summed E-state index contributed by atoms with van der Waals surface area (Å²) >= 11 is 0. The Bertz CT molecular complexity index is 971. The average molecular weight is 381 g/mol. The third-order valence-electron chi connectivity index (χ3n) is 4.91. The van der Waals surface area contributed by atoms with Gasteiger partial charge in [-0.15, -0.1) is 0 Å². The summed E-state index contributed by atoms with van der Waals surface area (Å²) < 4.78 is 23.8. The van der Waals surface area contributed by atoms with Crippen molar-refractivity contribution in [3.63, 3.8) is 0 Å². The van der Waals surface area contributed by atoms with Crippen molar-refractivity contribution in [3.05, 3.63) is 65.8 Å². The van der Waals surface area contributed by atoms with E-state index in [9.17, 15) is 9.18 Å². The number of ether oxygens (including phenoxy) is 1. The van der Waals surface area contributed by atoms with E-state index in [-0.39, 0.29) is 17.8 Å². The van der Waals surface area contributed by atoms with Gasteiger partial charge < -0.3 is 14.2 Å². The molecule has 0 bridgehead atoms. The lowest BCUT2D eigenvalue weighted by molar-refractivity contribution is 0.0561. The van der Waals surface area contributed by atoms with Gasteiger partial charge in [0.05, 0.1) is 7.11 Å². The topological polar surface area (TPSA) is 68.5 Å². The zero-order valence-corrected chi connectivity index (χ0v) is 15.5. The van der Waals surface area contributed by atoms with Gasteiger partial charge in [0.2, 0.25) is 11.7 Å². The molecule has 6 nitrogen and oxygen atoms in total. The van der Waals surface area contributed by atoms with Crippen LogP contribution in [0.3, 0.4) is 0 Å². The monoisotopic (exact) mass is 381 g/mol. The first-order chi connectivity index (χ1) is 13.7. The van der Waals surface area contributed by atoms with Gasteiger partial charge in [0.15, 0.2) is 0 Å². The molecule has 0 spiro atoms. The van der Waals surface area contributed by atoms with E-state index < -0.39 is 0 Å². The van der Waals surface area contributed by atoms with E-state index in [1.165, 1.54) is 12.1 Å². The largest absolute Gasteiger partial charge is 0.497 e. The molecule has 1 unspecified atom stereocenters. The second-order valence-electron chi connectivity index (χ2n) is 6.71. The van der Waals surface area contributed by atoms with Crippen molar-refractivity contribution < 1.29 is 18.4 Å². The van der Waals surface area contributed by atoms with Crippen molar-refractivity contribution >= 4 is 5.91 Å². The first-order valence-electron chi connectivity index (χ1n) is 9.20. The van der Waals surface area contributed by atoms with Gasteiger partial charge in [-0.3, -0.25) is 4.79 Å². The number of methoxy groups -OCH3 is 1. The summed E-state index contributed by atoms with van der Waals surface area (Å²) in [6.07, 6.45) is 2.65. The molecular weight excluding hydrogens is 361 g/mol. The average Bonchev–Trinajstić information content (AvgIpc) is 3.24. The number of carbonyl (C=O) groups is 1. The molecule has 4 rings (SSSR count). The predicted molar refractivity (Wildman–Crippen MR) is 100 cm³/mol. The highest BCUT2D eigenvalue weighted by Crippen LogP contribution is 2.32. The maximum atomic E-state index is 13.1. The normalized spacial score (nSPS) is 16.8. The fourth-order valence-corrected chi connectivity index (χ4v) is 3.44. The van der Waals surface area contributed by atoms with Crippen LogP contribution >= 0.6 is 0 Å².